The molecule has 2 aliphatic rings. The zero-order chi connectivity index (χ0) is 15.0. The second-order valence-corrected chi connectivity index (χ2v) is 5.81. The normalized spacial score (nSPS) is 26.4. The van der Waals surface area contributed by atoms with Crippen molar-refractivity contribution >= 4 is 11.8 Å². The van der Waals surface area contributed by atoms with Gasteiger partial charge in [-0.3, -0.25) is 14.3 Å². The van der Waals surface area contributed by atoms with Gasteiger partial charge >= 0.3 is 0 Å². The lowest BCUT2D eigenvalue weighted by Crippen LogP contribution is -2.47. The van der Waals surface area contributed by atoms with Crippen molar-refractivity contribution < 1.29 is 9.59 Å². The maximum absolute atomic E-state index is 12.9. The molecular formula is C14H21N5O2. The van der Waals surface area contributed by atoms with Crippen LogP contribution in [0.2, 0.25) is 0 Å². The van der Waals surface area contributed by atoms with E-state index < -0.39 is 6.04 Å². The van der Waals surface area contributed by atoms with Gasteiger partial charge < -0.3 is 15.5 Å². The summed E-state index contributed by atoms with van der Waals surface area (Å²) in [6.45, 7) is 0.560. The van der Waals surface area contributed by atoms with Gasteiger partial charge in [-0.15, -0.1) is 0 Å². The summed E-state index contributed by atoms with van der Waals surface area (Å²) < 4.78 is 1.69. The molecule has 0 aliphatic carbocycles. The molecule has 2 N–H and O–H groups in total. The van der Waals surface area contributed by atoms with E-state index in [0.29, 0.717) is 13.0 Å². The lowest BCUT2D eigenvalue weighted by molar-refractivity contribution is -0.136. The van der Waals surface area contributed by atoms with Crippen LogP contribution in [-0.2, 0) is 16.6 Å². The summed E-state index contributed by atoms with van der Waals surface area (Å²) in [6.07, 6.45) is 5.84. The third-order valence-electron chi connectivity index (χ3n) is 4.42. The smallest absolute Gasteiger partial charge is 0.244 e. The summed E-state index contributed by atoms with van der Waals surface area (Å²) in [6, 6.07) is -0.269. The molecule has 2 fully saturated rings. The lowest BCUT2D eigenvalue weighted by Gasteiger charge is -2.30. The van der Waals surface area contributed by atoms with Crippen LogP contribution >= 0.6 is 0 Å². The number of rotatable bonds is 3. The molecule has 1 aromatic rings. The predicted molar refractivity (Wildman–Crippen MR) is 76.3 cm³/mol. The van der Waals surface area contributed by atoms with Gasteiger partial charge in [0.15, 0.2) is 0 Å². The molecule has 2 bridgehead atoms. The first-order valence-electron chi connectivity index (χ1n) is 7.35. The average molecular weight is 291 g/mol. The summed E-state index contributed by atoms with van der Waals surface area (Å²) >= 11 is 0. The number of hydrogen-bond acceptors (Lipinski definition) is 4. The second-order valence-electron chi connectivity index (χ2n) is 5.81. The molecule has 2 saturated heterocycles. The molecule has 0 aromatic carbocycles. The monoisotopic (exact) mass is 291 g/mol. The van der Waals surface area contributed by atoms with Crippen molar-refractivity contribution in [3.8, 4) is 0 Å². The van der Waals surface area contributed by atoms with E-state index >= 15 is 0 Å². The zero-order valence-corrected chi connectivity index (χ0v) is 12.4. The molecule has 114 valence electrons. The number of hydrogen-bond donors (Lipinski definition) is 2. The molecule has 7 heteroatoms. The van der Waals surface area contributed by atoms with Gasteiger partial charge in [0, 0.05) is 43.9 Å². The molecule has 7 nitrogen and oxygen atoms in total. The van der Waals surface area contributed by atoms with Gasteiger partial charge in [0.1, 0.15) is 6.04 Å². The van der Waals surface area contributed by atoms with Crippen molar-refractivity contribution in [3.63, 3.8) is 0 Å². The third-order valence-corrected chi connectivity index (χ3v) is 4.42. The molecule has 3 unspecified atom stereocenters. The first-order valence-corrected chi connectivity index (χ1v) is 7.35. The van der Waals surface area contributed by atoms with Crippen LogP contribution in [0, 0.1) is 0 Å². The Labute approximate surface area is 123 Å². The maximum Gasteiger partial charge on any atom is 0.244 e. The van der Waals surface area contributed by atoms with Crippen LogP contribution in [0.3, 0.4) is 0 Å². The Morgan fingerprint density at radius 2 is 2.24 bits per heavy atom. The molecular weight excluding hydrogens is 270 g/mol. The van der Waals surface area contributed by atoms with Gasteiger partial charge in [0.25, 0.3) is 0 Å². The third kappa shape index (κ3) is 2.53. The molecule has 21 heavy (non-hydrogen) atoms. The quantitative estimate of drug-likeness (QED) is 0.791. The Morgan fingerprint density at radius 3 is 2.90 bits per heavy atom. The number of nitrogens with zero attached hydrogens (tertiary/aromatic N) is 3. The number of carbonyl (C=O) groups is 2. The zero-order valence-electron chi connectivity index (χ0n) is 12.4. The Kier molecular flexibility index (Phi) is 3.67. The second kappa shape index (κ2) is 5.48. The number of fused-ring (bicyclic) bond motifs is 2. The molecule has 0 radical (unpaired) electrons. The molecule has 0 spiro atoms. The fourth-order valence-electron chi connectivity index (χ4n) is 3.41. The topological polar surface area (TPSA) is 79.3 Å². The van der Waals surface area contributed by atoms with Crippen LogP contribution in [0.15, 0.2) is 12.4 Å². The summed E-state index contributed by atoms with van der Waals surface area (Å²) in [7, 11) is 3.61. The average Bonchev–Trinajstić information content (AvgIpc) is 2.98. The van der Waals surface area contributed by atoms with Crippen LogP contribution in [0.4, 0.5) is 0 Å². The molecule has 0 saturated carbocycles. The number of aryl methyl sites for hydroxylation is 1. The molecule has 2 aliphatic heterocycles. The highest BCUT2D eigenvalue weighted by Gasteiger charge is 2.42. The van der Waals surface area contributed by atoms with E-state index in [9.17, 15) is 9.59 Å². The largest absolute Gasteiger partial charge is 0.354 e. The van der Waals surface area contributed by atoms with Crippen LogP contribution in [0.1, 0.15) is 30.9 Å². The van der Waals surface area contributed by atoms with Crippen molar-refractivity contribution in [2.45, 2.75) is 37.4 Å². The Bertz CT molecular complexity index is 555. The van der Waals surface area contributed by atoms with Gasteiger partial charge in [0.2, 0.25) is 11.8 Å². The minimum Gasteiger partial charge on any atom is -0.354 e. The van der Waals surface area contributed by atoms with E-state index in [-0.39, 0.29) is 23.9 Å². The first-order chi connectivity index (χ1) is 10.1. The number of amides is 2. The van der Waals surface area contributed by atoms with Crippen LogP contribution in [0.5, 0.6) is 0 Å². The fourth-order valence-corrected chi connectivity index (χ4v) is 3.41. The first kappa shape index (κ1) is 14.1. The fraction of sp³-hybridized carbons (Fsp3) is 0.643. The molecule has 3 atom stereocenters. The van der Waals surface area contributed by atoms with Crippen molar-refractivity contribution in [2.75, 3.05) is 13.6 Å². The van der Waals surface area contributed by atoms with Gasteiger partial charge in [-0.2, -0.15) is 5.10 Å². The summed E-state index contributed by atoms with van der Waals surface area (Å²) in [5.41, 5.74) is 0.855. The predicted octanol–water partition coefficient (Wildman–Crippen LogP) is -0.440. The SMILES string of the molecule is CNC(C(=O)N1C2CCC1CC(=O)NC2)c1cnn(C)c1. The number of likely N-dealkylation sites (N-methyl/N-ethyl adjacent to an activating group) is 1. The van der Waals surface area contributed by atoms with E-state index in [0.717, 1.165) is 18.4 Å². The number of aromatic nitrogens is 2. The van der Waals surface area contributed by atoms with Crippen LogP contribution in [-0.4, -0.2) is 52.2 Å². The van der Waals surface area contributed by atoms with E-state index in [2.05, 4.69) is 15.7 Å². The maximum atomic E-state index is 12.9. The molecule has 1 aromatic heterocycles. The minimum atomic E-state index is -0.407. The van der Waals surface area contributed by atoms with E-state index in [1.54, 1.807) is 17.9 Å². The van der Waals surface area contributed by atoms with E-state index in [4.69, 9.17) is 0 Å². The molecule has 3 heterocycles. The van der Waals surface area contributed by atoms with Crippen LogP contribution in [0.25, 0.3) is 0 Å². The van der Waals surface area contributed by atoms with Gasteiger partial charge in [-0.05, 0) is 19.9 Å². The van der Waals surface area contributed by atoms with Gasteiger partial charge in [0.05, 0.1) is 6.20 Å². The van der Waals surface area contributed by atoms with E-state index in [1.165, 1.54) is 0 Å². The summed E-state index contributed by atoms with van der Waals surface area (Å²) in [5, 5.41) is 10.1. The van der Waals surface area contributed by atoms with Crippen molar-refractivity contribution in [1.29, 1.82) is 0 Å². The van der Waals surface area contributed by atoms with Gasteiger partial charge in [-0.25, -0.2) is 0 Å². The number of nitrogens with one attached hydrogen (secondary N) is 2. The number of carbonyl (C=O) groups excluding carboxylic acids is 2. The highest BCUT2D eigenvalue weighted by Crippen LogP contribution is 2.31. The Balaban J connectivity index is 1.84. The lowest BCUT2D eigenvalue weighted by atomic mass is 10.1. The standard InChI is InChI=1S/C14H21N5O2/c1-15-13(9-6-17-18(2)8-9)14(21)19-10-3-4-11(19)7-16-12(20)5-10/h6,8,10-11,13,15H,3-5,7H2,1-2H3,(H,16,20). The Hall–Kier alpha value is -1.89. The van der Waals surface area contributed by atoms with Crippen molar-refractivity contribution in [1.82, 2.24) is 25.3 Å². The van der Waals surface area contributed by atoms with Gasteiger partial charge in [-0.1, -0.05) is 0 Å². The molecule has 2 amide bonds. The summed E-state index contributed by atoms with van der Waals surface area (Å²) in [5.74, 6) is 0.0804. The molecule has 3 rings (SSSR count). The minimum absolute atomic E-state index is 0.0255. The van der Waals surface area contributed by atoms with Crippen molar-refractivity contribution in [2.24, 2.45) is 7.05 Å². The van der Waals surface area contributed by atoms with Crippen molar-refractivity contribution in [3.05, 3.63) is 18.0 Å². The van der Waals surface area contributed by atoms with Crippen LogP contribution < -0.4 is 10.6 Å². The summed E-state index contributed by atoms with van der Waals surface area (Å²) in [4.78, 5) is 26.5. The Morgan fingerprint density at radius 1 is 1.48 bits per heavy atom. The highest BCUT2D eigenvalue weighted by molar-refractivity contribution is 5.86. The highest BCUT2D eigenvalue weighted by atomic mass is 16.2. The van der Waals surface area contributed by atoms with E-state index in [1.807, 2.05) is 18.1 Å².